The Morgan fingerprint density at radius 3 is 0.319 bits per heavy atom. The maximum absolute atomic E-state index is 11.6. The van der Waals surface area contributed by atoms with Crippen LogP contribution < -0.4 is 0 Å². The zero-order valence-corrected chi connectivity index (χ0v) is 75.3. The van der Waals surface area contributed by atoms with E-state index in [2.05, 4.69) is 0 Å². The zero-order chi connectivity index (χ0) is 105. The second-order valence-corrected chi connectivity index (χ2v) is 36.4. The standard InChI is InChI=1S/C78H132O66/c79-1-14-27(92)28(93)42(107)67(121-14)134-55-16(3-81)123-69(44(109)30(55)95)136-57-18(5-83)125-71(46(111)32(57)97)138-59-20(7-85)127-73(48(113)34(59)99)140-61-22(9-87)129-75(50(115)36(61)101)142-63-24(11-89)131-77(52(117)38(63)103)144-65-26(13-91)132-78(53(118)40(65)105)143-64-25(12-90)130-76(51(116)39(64)104)141-62-23(10-88)128-74(49(114)37(62)102)139-60-21(8-86)126-72(47(112)35(60)100)137-58-19(6-84)124-70(45(110)33(58)98)135-56-17(4-82)122-68(43(108)31(56)96)133-54-15(2-80)120-66(119)41(106)29(54)94/h14-119H,1-13H2/t14-,15-,16-,17-,18-,19-,20-,21-,22-,23-,24-,25-,26-,27-,28+,29-,30-,31-,32-,33-,34-,35-,36-,37-,38-,39-,40-,41-,42-,43-,44-,45-,46-,47-,48-,49-,50-,51-,52-,53-,54-,55-,56-,57-,58-,59-,60-,61-,62-,63-,64-,65-,66+,67-,68-,69-,70-,71-,72-,73-,74-,75-,76-,77-,78-/m1/s1. The van der Waals surface area contributed by atoms with E-state index in [1.165, 1.54) is 0 Å². The minimum Gasteiger partial charge on any atom is -0.394 e. The van der Waals surface area contributed by atoms with Crippen molar-refractivity contribution in [2.45, 2.75) is 399 Å². The number of aliphatic hydroxyl groups is 41. The van der Waals surface area contributed by atoms with Gasteiger partial charge in [0.15, 0.2) is 81.8 Å². The Hall–Kier alpha value is -2.64. The predicted octanol–water partition coefficient (Wildman–Crippen LogP) is -29.3. The Labute approximate surface area is 810 Å². The topological polar surface area (TPSA) is 1060 Å². The van der Waals surface area contributed by atoms with Crippen molar-refractivity contribution >= 4 is 0 Å². The van der Waals surface area contributed by atoms with Crippen LogP contribution in [0.15, 0.2) is 0 Å². The fourth-order valence-electron chi connectivity index (χ4n) is 18.9. The number of hydrogen-bond acceptors (Lipinski definition) is 66. The minimum atomic E-state index is -2.38. The molecule has 0 unspecified atom stereocenters. The Morgan fingerprint density at radius 2 is 0.201 bits per heavy atom. The first-order chi connectivity index (χ1) is 68.4. The van der Waals surface area contributed by atoms with E-state index in [9.17, 15) is 209 Å². The first-order valence-electron chi connectivity index (χ1n) is 45.8. The van der Waals surface area contributed by atoms with Crippen molar-refractivity contribution in [2.75, 3.05) is 85.9 Å². The molecule has 13 aliphatic heterocycles. The average Bonchev–Trinajstić information content (AvgIpc) is 0.751. The summed E-state index contributed by atoms with van der Waals surface area (Å²) >= 11 is 0. The molecule has 0 spiro atoms. The van der Waals surface area contributed by atoms with Gasteiger partial charge >= 0.3 is 0 Å². The molecule has 0 radical (unpaired) electrons. The van der Waals surface area contributed by atoms with E-state index >= 15 is 0 Å². The average molecular weight is 2130 g/mol. The monoisotopic (exact) mass is 2120 g/mol. The first kappa shape index (κ1) is 118. The fourth-order valence-corrected chi connectivity index (χ4v) is 18.9. The molecule has 66 heteroatoms. The van der Waals surface area contributed by atoms with Crippen LogP contribution in [0.1, 0.15) is 0 Å². The third-order valence-electron chi connectivity index (χ3n) is 27.2. The van der Waals surface area contributed by atoms with Crippen molar-refractivity contribution in [2.24, 2.45) is 0 Å². The van der Waals surface area contributed by atoms with Gasteiger partial charge in [0.1, 0.15) is 317 Å². The summed E-state index contributed by atoms with van der Waals surface area (Å²) in [4.78, 5) is 0. The third-order valence-corrected chi connectivity index (χ3v) is 27.2. The highest BCUT2D eigenvalue weighted by molar-refractivity contribution is 5.06. The summed E-state index contributed by atoms with van der Waals surface area (Å²) in [5, 5.41) is 448. The van der Waals surface area contributed by atoms with Crippen LogP contribution in [-0.2, 0) is 118 Å². The van der Waals surface area contributed by atoms with E-state index in [1.54, 1.807) is 0 Å². The van der Waals surface area contributed by atoms with Crippen LogP contribution in [0.3, 0.4) is 0 Å². The number of rotatable bonds is 37. The smallest absolute Gasteiger partial charge is 0.187 e. The van der Waals surface area contributed by atoms with Gasteiger partial charge in [0.05, 0.1) is 85.9 Å². The highest BCUT2D eigenvalue weighted by Gasteiger charge is 2.64. The second kappa shape index (κ2) is 51.4. The molecule has 0 saturated carbocycles. The zero-order valence-electron chi connectivity index (χ0n) is 75.3. The molecule has 66 nitrogen and oxygen atoms in total. The summed E-state index contributed by atoms with van der Waals surface area (Å²) in [6.45, 7) is -14.3. The quantitative estimate of drug-likeness (QED) is 0.0275. The molecule has 13 aliphatic rings. The van der Waals surface area contributed by atoms with Crippen molar-refractivity contribution in [3.8, 4) is 0 Å². The molecule has 13 rings (SSSR count). The fraction of sp³-hybridized carbons (Fsp3) is 1.00. The molecule has 41 N–H and O–H groups in total. The van der Waals surface area contributed by atoms with Crippen LogP contribution in [0, 0.1) is 0 Å². The number of hydrogen-bond donors (Lipinski definition) is 41. The predicted molar refractivity (Wildman–Crippen MR) is 428 cm³/mol. The van der Waals surface area contributed by atoms with Gasteiger partial charge in [-0.1, -0.05) is 0 Å². The van der Waals surface area contributed by atoms with E-state index in [0.717, 1.165) is 0 Å². The van der Waals surface area contributed by atoms with Gasteiger partial charge < -0.3 is 328 Å². The lowest BCUT2D eigenvalue weighted by Gasteiger charge is -2.50. The summed E-state index contributed by atoms with van der Waals surface area (Å²) in [7, 11) is 0. The highest BCUT2D eigenvalue weighted by Crippen LogP contribution is 2.44. The Morgan fingerprint density at radius 1 is 0.104 bits per heavy atom. The molecule has 0 bridgehead atoms. The number of aliphatic hydroxyl groups excluding tert-OH is 41. The van der Waals surface area contributed by atoms with Gasteiger partial charge in [-0.05, 0) is 0 Å². The molecule has 840 valence electrons. The highest BCUT2D eigenvalue weighted by atomic mass is 16.8. The van der Waals surface area contributed by atoms with Gasteiger partial charge in [0, 0.05) is 0 Å². The van der Waals surface area contributed by atoms with Gasteiger partial charge in [-0.2, -0.15) is 0 Å². The molecular formula is C78H132O66. The van der Waals surface area contributed by atoms with Crippen LogP contribution in [0.4, 0.5) is 0 Å². The Bertz CT molecular complexity index is 3620. The van der Waals surface area contributed by atoms with Crippen molar-refractivity contribution < 1.29 is 328 Å². The van der Waals surface area contributed by atoms with Crippen LogP contribution in [0.25, 0.3) is 0 Å². The van der Waals surface area contributed by atoms with Crippen molar-refractivity contribution in [1.82, 2.24) is 0 Å². The Kier molecular flexibility index (Phi) is 42.2. The van der Waals surface area contributed by atoms with E-state index in [4.69, 9.17) is 118 Å². The third kappa shape index (κ3) is 24.3. The SMILES string of the molecule is OC[C@H]1O[C@H](O[C@H]2[C@H](O)[C@@H](O)[C@@H](O[C@H]3[C@H](O)[C@@H](O)[C@@H](O[C@H]4[C@H](O)[C@@H](O)[C@@H](O[C@H]5[C@H](O)[C@@H](O)[C@@H](O[C@H]6[C@H](O)[C@@H](O)[C@@H](O[C@H]7[C@H](O)[C@@H](O)[C@@H](O[C@H]8[C@H](O)[C@@H](O)[C@@H](O[C@H]9[C@H](O)[C@@H](O)[C@@H](O[C@H]%10[C@H](O)[C@@H](O)[C@@H](O[C@H]%11[C@H](O)[C@@H](O)[C@@H](O[C@H]%12[C@H](O)[C@@H](O)[C@@H](O[C@H]%13[C@H](O)[C@@H](O)[C@@H](O)O[C@@H]%13CO)O[C@@H]%12CO)O[C@@H]%11CO)O[C@@H]%10CO)O[C@@H]9CO)O[C@@H]8CO)O[C@@H]7CO)O[C@@H]6CO)O[C@@H]5CO)O[C@@H]4CO)O[C@@H]3CO)O[C@@H]2CO)[C@H](O)[C@@H](O)[C@@H]1O. The molecule has 0 aromatic carbocycles. The van der Waals surface area contributed by atoms with Crippen molar-refractivity contribution in [1.29, 1.82) is 0 Å². The van der Waals surface area contributed by atoms with Crippen LogP contribution in [0.2, 0.25) is 0 Å². The molecule has 144 heavy (non-hydrogen) atoms. The van der Waals surface area contributed by atoms with Gasteiger partial charge in [-0.25, -0.2) is 0 Å². The van der Waals surface area contributed by atoms with Crippen LogP contribution >= 0.6 is 0 Å². The molecule has 0 aromatic heterocycles. The van der Waals surface area contributed by atoms with E-state index in [1.807, 2.05) is 0 Å². The van der Waals surface area contributed by atoms with E-state index < -0.39 is 485 Å². The molecule has 13 saturated heterocycles. The maximum atomic E-state index is 11.6. The summed E-state index contributed by atoms with van der Waals surface area (Å²) in [5.74, 6) is 0. The van der Waals surface area contributed by atoms with Crippen LogP contribution in [-0.4, -0.2) is 694 Å². The lowest BCUT2D eigenvalue weighted by molar-refractivity contribution is -0.402. The number of ether oxygens (including phenoxy) is 25. The summed E-state index contributed by atoms with van der Waals surface area (Å²) in [6.07, 6.45) is -135. The van der Waals surface area contributed by atoms with Crippen LogP contribution in [0.5, 0.6) is 0 Å². The molecular weight excluding hydrogens is 1990 g/mol. The summed E-state index contributed by atoms with van der Waals surface area (Å²) in [6, 6.07) is 0. The van der Waals surface area contributed by atoms with Gasteiger partial charge in [-0.3, -0.25) is 0 Å². The molecule has 0 aliphatic carbocycles. The normalized spacial score (nSPS) is 53.9. The van der Waals surface area contributed by atoms with Crippen molar-refractivity contribution in [3.63, 3.8) is 0 Å². The lowest BCUT2D eigenvalue weighted by Crippen LogP contribution is -2.69. The molecule has 0 aromatic rings. The maximum Gasteiger partial charge on any atom is 0.187 e. The Balaban J connectivity index is 0.561. The molecule has 13 heterocycles. The second-order valence-electron chi connectivity index (χ2n) is 36.4. The first-order valence-corrected chi connectivity index (χ1v) is 45.8. The summed E-state index contributed by atoms with van der Waals surface area (Å²) < 4.78 is 141. The van der Waals surface area contributed by atoms with Gasteiger partial charge in [-0.15, -0.1) is 0 Å². The van der Waals surface area contributed by atoms with E-state index in [0.29, 0.717) is 0 Å². The molecule has 0 amide bonds. The molecule has 65 atom stereocenters. The minimum absolute atomic E-state index is 0.883. The molecule has 13 fully saturated rings. The van der Waals surface area contributed by atoms with Gasteiger partial charge in [0.2, 0.25) is 0 Å². The largest absolute Gasteiger partial charge is 0.394 e. The summed E-state index contributed by atoms with van der Waals surface area (Å²) in [5.41, 5.74) is 0. The van der Waals surface area contributed by atoms with E-state index in [-0.39, 0.29) is 0 Å². The van der Waals surface area contributed by atoms with Crippen molar-refractivity contribution in [3.05, 3.63) is 0 Å². The van der Waals surface area contributed by atoms with Gasteiger partial charge in [0.25, 0.3) is 0 Å². The lowest BCUT2D eigenvalue weighted by atomic mass is 9.95.